The van der Waals surface area contributed by atoms with Gasteiger partial charge in [0.15, 0.2) is 15.6 Å². The van der Waals surface area contributed by atoms with Gasteiger partial charge >= 0.3 is 12.1 Å². The van der Waals surface area contributed by atoms with Gasteiger partial charge < -0.3 is 18.9 Å². The summed E-state index contributed by atoms with van der Waals surface area (Å²) in [5.74, 6) is -1.68. The largest absolute Gasteiger partial charge is 0.424 e. The molecule has 1 aliphatic rings. The standard InChI is InChI=1S/C31H28ClF3O8S/c1-44(38,39)28-13-12-22(29(32)23(28)18-40-19-31(33,34)35)30(37)43-27-14-24(36)25(41-16-20-8-4-2-5-9-20)15-26(27)42-17-21-10-6-3-7-11-21/h2-14,25-26H,15-19H2,1H3. The van der Waals surface area contributed by atoms with E-state index in [0.717, 1.165) is 35.6 Å². The molecule has 4 rings (SSSR count). The predicted molar refractivity (Wildman–Crippen MR) is 153 cm³/mol. The number of carbonyl (C=O) groups is 2. The molecule has 8 nitrogen and oxygen atoms in total. The third-order valence-corrected chi connectivity index (χ3v) is 8.09. The molecule has 0 bridgehead atoms. The second-order valence-corrected chi connectivity index (χ2v) is 12.3. The van der Waals surface area contributed by atoms with Crippen molar-refractivity contribution in [3.05, 3.63) is 112 Å². The lowest BCUT2D eigenvalue weighted by Gasteiger charge is -2.28. The molecule has 44 heavy (non-hydrogen) atoms. The fourth-order valence-electron chi connectivity index (χ4n) is 4.36. The molecule has 0 aromatic heterocycles. The van der Waals surface area contributed by atoms with E-state index in [0.29, 0.717) is 0 Å². The number of halogens is 4. The average molecular weight is 653 g/mol. The molecule has 0 fully saturated rings. The van der Waals surface area contributed by atoms with E-state index in [4.69, 9.17) is 25.8 Å². The zero-order chi connectivity index (χ0) is 31.9. The maximum absolute atomic E-state index is 13.3. The Morgan fingerprint density at radius 1 is 0.886 bits per heavy atom. The van der Waals surface area contributed by atoms with Gasteiger partial charge in [0, 0.05) is 24.3 Å². The fraction of sp³-hybridized carbons (Fsp3) is 0.290. The van der Waals surface area contributed by atoms with Gasteiger partial charge in [-0.2, -0.15) is 13.2 Å². The maximum Gasteiger partial charge on any atom is 0.411 e. The first kappa shape index (κ1) is 33.3. The molecule has 0 N–H and O–H groups in total. The van der Waals surface area contributed by atoms with Crippen LogP contribution in [0.3, 0.4) is 0 Å². The normalized spacial score (nSPS) is 17.3. The van der Waals surface area contributed by atoms with Crippen LogP contribution in [0.1, 0.15) is 33.5 Å². The summed E-state index contributed by atoms with van der Waals surface area (Å²) in [5.41, 5.74) is 0.986. The molecule has 3 aromatic carbocycles. The summed E-state index contributed by atoms with van der Waals surface area (Å²) in [5, 5.41) is -0.464. The molecule has 2 atom stereocenters. The van der Waals surface area contributed by atoms with Crippen molar-refractivity contribution in [1.82, 2.24) is 0 Å². The number of esters is 1. The second kappa shape index (κ2) is 14.5. The molecule has 0 radical (unpaired) electrons. The third kappa shape index (κ3) is 9.23. The van der Waals surface area contributed by atoms with Crippen LogP contribution in [0.4, 0.5) is 13.2 Å². The molecule has 0 spiro atoms. The summed E-state index contributed by atoms with van der Waals surface area (Å²) >= 11 is 6.35. The molecule has 234 valence electrons. The monoisotopic (exact) mass is 652 g/mol. The number of hydrogen-bond acceptors (Lipinski definition) is 8. The molecule has 1 aliphatic carbocycles. The molecule has 0 aliphatic heterocycles. The minimum absolute atomic E-state index is 0.0227. The molecular weight excluding hydrogens is 625 g/mol. The Morgan fingerprint density at radius 3 is 2.00 bits per heavy atom. The number of alkyl halides is 3. The first-order valence-corrected chi connectivity index (χ1v) is 15.5. The van der Waals surface area contributed by atoms with Crippen molar-refractivity contribution in [2.45, 2.75) is 49.5 Å². The Morgan fingerprint density at radius 2 is 1.45 bits per heavy atom. The number of ether oxygens (including phenoxy) is 4. The van der Waals surface area contributed by atoms with E-state index in [1.54, 1.807) is 0 Å². The Labute approximate surface area is 257 Å². The van der Waals surface area contributed by atoms with Crippen molar-refractivity contribution in [1.29, 1.82) is 0 Å². The van der Waals surface area contributed by atoms with Crippen molar-refractivity contribution >= 4 is 33.2 Å². The van der Waals surface area contributed by atoms with Gasteiger partial charge in [-0.3, -0.25) is 4.79 Å². The van der Waals surface area contributed by atoms with Crippen molar-refractivity contribution < 1.29 is 50.1 Å². The van der Waals surface area contributed by atoms with Crippen LogP contribution in [0.15, 0.2) is 89.5 Å². The zero-order valence-corrected chi connectivity index (χ0v) is 25.0. The fourth-order valence-corrected chi connectivity index (χ4v) is 5.64. The van der Waals surface area contributed by atoms with E-state index in [2.05, 4.69) is 4.74 Å². The van der Waals surface area contributed by atoms with Gasteiger partial charge in [-0.05, 0) is 23.3 Å². The maximum atomic E-state index is 13.3. The second-order valence-electron chi connectivity index (χ2n) is 9.93. The van der Waals surface area contributed by atoms with E-state index < -0.39 is 63.1 Å². The van der Waals surface area contributed by atoms with Crippen LogP contribution in [-0.4, -0.2) is 51.4 Å². The lowest BCUT2D eigenvalue weighted by Crippen LogP contribution is -2.36. The van der Waals surface area contributed by atoms with E-state index in [1.165, 1.54) is 0 Å². The molecule has 0 heterocycles. The van der Waals surface area contributed by atoms with Crippen LogP contribution in [0.25, 0.3) is 0 Å². The summed E-state index contributed by atoms with van der Waals surface area (Å²) in [6.45, 7) is -2.23. The quantitative estimate of drug-likeness (QED) is 0.219. The first-order valence-electron chi connectivity index (χ1n) is 13.3. The molecule has 0 saturated carbocycles. The Bertz CT molecular complexity index is 1610. The first-order chi connectivity index (χ1) is 20.8. The van der Waals surface area contributed by atoms with Crippen molar-refractivity contribution in [3.63, 3.8) is 0 Å². The SMILES string of the molecule is CS(=O)(=O)c1ccc(C(=O)OC2=CC(=O)C(OCc3ccccc3)CC2OCc2ccccc2)c(Cl)c1COCC(F)(F)F. The summed E-state index contributed by atoms with van der Waals surface area (Å²) in [7, 11) is -3.96. The van der Waals surface area contributed by atoms with E-state index in [9.17, 15) is 31.2 Å². The lowest BCUT2D eigenvalue weighted by molar-refractivity contribution is -0.176. The molecule has 2 unspecified atom stereocenters. The number of rotatable bonds is 12. The highest BCUT2D eigenvalue weighted by Crippen LogP contribution is 2.32. The topological polar surface area (TPSA) is 105 Å². The van der Waals surface area contributed by atoms with Crippen LogP contribution in [0.5, 0.6) is 0 Å². The summed E-state index contributed by atoms with van der Waals surface area (Å²) in [6, 6.07) is 20.5. The van der Waals surface area contributed by atoms with Gasteiger partial charge in [0.05, 0.1) is 35.3 Å². The van der Waals surface area contributed by atoms with Crippen molar-refractivity contribution in [3.8, 4) is 0 Å². The highest BCUT2D eigenvalue weighted by molar-refractivity contribution is 7.90. The Hall–Kier alpha value is -3.55. The van der Waals surface area contributed by atoms with Crippen molar-refractivity contribution in [2.75, 3.05) is 12.9 Å². The number of benzene rings is 3. The predicted octanol–water partition coefficient (Wildman–Crippen LogP) is 6.01. The van der Waals surface area contributed by atoms with Gasteiger partial charge in [-0.1, -0.05) is 72.3 Å². The molecule has 0 amide bonds. The van der Waals surface area contributed by atoms with Crippen LogP contribution in [-0.2, 0) is 53.4 Å². The highest BCUT2D eigenvalue weighted by atomic mass is 35.5. The van der Waals surface area contributed by atoms with E-state index in [-0.39, 0.29) is 36.5 Å². The average Bonchev–Trinajstić information content (AvgIpc) is 2.96. The van der Waals surface area contributed by atoms with Crippen molar-refractivity contribution in [2.24, 2.45) is 0 Å². The smallest absolute Gasteiger partial charge is 0.411 e. The number of hydrogen-bond donors (Lipinski definition) is 0. The van der Waals surface area contributed by atoms with E-state index >= 15 is 0 Å². The number of sulfone groups is 1. The highest BCUT2D eigenvalue weighted by Gasteiger charge is 2.35. The van der Waals surface area contributed by atoms with Gasteiger partial charge in [-0.25, -0.2) is 13.2 Å². The molecule has 0 saturated heterocycles. The van der Waals surface area contributed by atoms with Crippen LogP contribution < -0.4 is 0 Å². The number of ketones is 1. The minimum Gasteiger partial charge on any atom is -0.424 e. The summed E-state index contributed by atoms with van der Waals surface area (Å²) in [6.07, 6.45) is -4.51. The van der Waals surface area contributed by atoms with Gasteiger partial charge in [-0.15, -0.1) is 0 Å². The van der Waals surface area contributed by atoms with Gasteiger partial charge in [0.2, 0.25) is 0 Å². The van der Waals surface area contributed by atoms with Crippen LogP contribution >= 0.6 is 11.6 Å². The Balaban J connectivity index is 1.58. The van der Waals surface area contributed by atoms with Gasteiger partial charge in [0.1, 0.15) is 24.6 Å². The third-order valence-electron chi connectivity index (χ3n) is 6.48. The summed E-state index contributed by atoms with van der Waals surface area (Å²) in [4.78, 5) is 25.9. The van der Waals surface area contributed by atoms with Crippen LogP contribution in [0, 0.1) is 0 Å². The Kier molecular flexibility index (Phi) is 11.0. The molecular formula is C31H28ClF3O8S. The zero-order valence-electron chi connectivity index (χ0n) is 23.4. The van der Waals surface area contributed by atoms with Gasteiger partial charge in [0.25, 0.3) is 0 Å². The summed E-state index contributed by atoms with van der Waals surface area (Å²) < 4.78 is 84.6. The van der Waals surface area contributed by atoms with Crippen LogP contribution in [0.2, 0.25) is 5.02 Å². The molecule has 13 heteroatoms. The molecule has 3 aromatic rings. The van der Waals surface area contributed by atoms with E-state index in [1.807, 2.05) is 60.7 Å². The lowest BCUT2D eigenvalue weighted by atomic mass is 9.98. The minimum atomic E-state index is -4.67. The number of carbonyl (C=O) groups excluding carboxylic acids is 2.